The standard InChI is InChI=1S/C18H14ClFO/c1-11-9-10-14(13-6-3-2-5-12(11)13)18(21)15-7-4-8-16(20)17(15)19/h2-10,18,21H,1H3. The van der Waals surface area contributed by atoms with Gasteiger partial charge in [-0.1, -0.05) is 60.1 Å². The van der Waals surface area contributed by atoms with Crippen molar-refractivity contribution in [2.24, 2.45) is 0 Å². The Morgan fingerprint density at radius 1 is 0.905 bits per heavy atom. The second-order valence-corrected chi connectivity index (χ2v) is 5.44. The number of hydrogen-bond acceptors (Lipinski definition) is 1. The van der Waals surface area contributed by atoms with Gasteiger partial charge in [-0.25, -0.2) is 4.39 Å². The maximum atomic E-state index is 13.6. The molecule has 0 fully saturated rings. The first kappa shape index (κ1) is 14.1. The minimum Gasteiger partial charge on any atom is -0.384 e. The zero-order valence-electron chi connectivity index (χ0n) is 11.5. The highest BCUT2D eigenvalue weighted by Gasteiger charge is 2.18. The molecule has 0 radical (unpaired) electrons. The van der Waals surface area contributed by atoms with Crippen LogP contribution in [0.25, 0.3) is 10.8 Å². The van der Waals surface area contributed by atoms with Crippen LogP contribution in [0, 0.1) is 12.7 Å². The highest BCUT2D eigenvalue weighted by Crippen LogP contribution is 2.34. The van der Waals surface area contributed by atoms with E-state index < -0.39 is 11.9 Å². The Hall–Kier alpha value is -1.90. The molecular formula is C18H14ClFO. The lowest BCUT2D eigenvalue weighted by molar-refractivity contribution is 0.221. The summed E-state index contributed by atoms with van der Waals surface area (Å²) in [4.78, 5) is 0. The number of aryl methyl sites for hydroxylation is 1. The summed E-state index contributed by atoms with van der Waals surface area (Å²) in [7, 11) is 0. The van der Waals surface area contributed by atoms with Crippen LogP contribution >= 0.6 is 11.6 Å². The maximum absolute atomic E-state index is 13.6. The minimum atomic E-state index is -0.960. The van der Waals surface area contributed by atoms with Crippen LogP contribution in [0.2, 0.25) is 5.02 Å². The number of halogens is 2. The molecule has 0 spiro atoms. The van der Waals surface area contributed by atoms with E-state index in [-0.39, 0.29) is 5.02 Å². The molecule has 0 aromatic heterocycles. The van der Waals surface area contributed by atoms with E-state index in [9.17, 15) is 9.50 Å². The van der Waals surface area contributed by atoms with Gasteiger partial charge in [0.05, 0.1) is 5.02 Å². The molecule has 1 N–H and O–H groups in total. The summed E-state index contributed by atoms with van der Waals surface area (Å²) < 4.78 is 13.6. The number of aliphatic hydroxyl groups is 1. The summed E-state index contributed by atoms with van der Waals surface area (Å²) in [5.41, 5.74) is 2.24. The van der Waals surface area contributed by atoms with E-state index >= 15 is 0 Å². The van der Waals surface area contributed by atoms with E-state index in [1.807, 2.05) is 43.3 Å². The Bertz CT molecular complexity index is 813. The average molecular weight is 301 g/mol. The number of rotatable bonds is 2. The molecule has 0 heterocycles. The normalized spacial score (nSPS) is 12.6. The molecule has 0 saturated carbocycles. The zero-order valence-corrected chi connectivity index (χ0v) is 12.2. The van der Waals surface area contributed by atoms with Crippen LogP contribution in [0.15, 0.2) is 54.6 Å². The predicted octanol–water partition coefficient (Wildman–Crippen LogP) is 5.02. The summed E-state index contributed by atoms with van der Waals surface area (Å²) >= 11 is 5.99. The third-order valence-electron chi connectivity index (χ3n) is 3.75. The first-order valence-electron chi connectivity index (χ1n) is 6.70. The largest absolute Gasteiger partial charge is 0.384 e. The van der Waals surface area contributed by atoms with E-state index in [1.165, 1.54) is 6.07 Å². The Kier molecular flexibility index (Phi) is 3.66. The van der Waals surface area contributed by atoms with Crippen LogP contribution in [-0.2, 0) is 0 Å². The predicted molar refractivity (Wildman–Crippen MR) is 84.2 cm³/mol. The van der Waals surface area contributed by atoms with Gasteiger partial charge in [-0.15, -0.1) is 0 Å². The number of hydrogen-bond donors (Lipinski definition) is 1. The fraction of sp³-hybridized carbons (Fsp3) is 0.111. The van der Waals surface area contributed by atoms with Crippen LogP contribution in [-0.4, -0.2) is 5.11 Å². The van der Waals surface area contributed by atoms with Gasteiger partial charge in [-0.3, -0.25) is 0 Å². The van der Waals surface area contributed by atoms with Crippen molar-refractivity contribution < 1.29 is 9.50 Å². The van der Waals surface area contributed by atoms with Crippen LogP contribution in [0.1, 0.15) is 22.8 Å². The van der Waals surface area contributed by atoms with Gasteiger partial charge in [0.25, 0.3) is 0 Å². The third kappa shape index (κ3) is 2.41. The monoisotopic (exact) mass is 300 g/mol. The molecule has 3 aromatic carbocycles. The van der Waals surface area contributed by atoms with E-state index in [0.717, 1.165) is 21.9 Å². The molecule has 1 nitrogen and oxygen atoms in total. The Morgan fingerprint density at radius 2 is 1.62 bits per heavy atom. The molecule has 3 heteroatoms. The highest BCUT2D eigenvalue weighted by atomic mass is 35.5. The number of aliphatic hydroxyl groups excluding tert-OH is 1. The summed E-state index contributed by atoms with van der Waals surface area (Å²) in [6.45, 7) is 2.02. The van der Waals surface area contributed by atoms with Crippen LogP contribution in [0.5, 0.6) is 0 Å². The van der Waals surface area contributed by atoms with E-state index in [1.54, 1.807) is 12.1 Å². The van der Waals surface area contributed by atoms with Gasteiger partial charge in [0, 0.05) is 5.56 Å². The van der Waals surface area contributed by atoms with Gasteiger partial charge in [0.15, 0.2) is 0 Å². The molecule has 1 unspecified atom stereocenters. The lowest BCUT2D eigenvalue weighted by atomic mass is 9.93. The molecular weight excluding hydrogens is 287 g/mol. The molecule has 0 aliphatic carbocycles. The number of benzene rings is 3. The molecule has 0 bridgehead atoms. The van der Waals surface area contributed by atoms with E-state index in [4.69, 9.17) is 11.6 Å². The maximum Gasteiger partial charge on any atom is 0.142 e. The SMILES string of the molecule is Cc1ccc(C(O)c2cccc(F)c2Cl)c2ccccc12. The lowest BCUT2D eigenvalue weighted by Crippen LogP contribution is -2.03. The summed E-state index contributed by atoms with van der Waals surface area (Å²) in [5.74, 6) is -0.523. The molecule has 106 valence electrons. The van der Waals surface area contributed by atoms with Gasteiger partial charge in [-0.05, 0) is 34.9 Å². The van der Waals surface area contributed by atoms with Crippen LogP contribution in [0.3, 0.4) is 0 Å². The van der Waals surface area contributed by atoms with Crippen molar-refractivity contribution in [2.45, 2.75) is 13.0 Å². The topological polar surface area (TPSA) is 20.2 Å². The van der Waals surface area contributed by atoms with Gasteiger partial charge >= 0.3 is 0 Å². The fourth-order valence-electron chi connectivity index (χ4n) is 2.61. The second kappa shape index (κ2) is 5.47. The van der Waals surface area contributed by atoms with Crippen molar-refractivity contribution in [3.05, 3.63) is 82.1 Å². The smallest absolute Gasteiger partial charge is 0.142 e. The molecule has 3 rings (SSSR count). The van der Waals surface area contributed by atoms with E-state index in [0.29, 0.717) is 5.56 Å². The van der Waals surface area contributed by atoms with Gasteiger partial charge < -0.3 is 5.11 Å². The van der Waals surface area contributed by atoms with Crippen molar-refractivity contribution in [1.29, 1.82) is 0 Å². The molecule has 0 aliphatic heterocycles. The zero-order chi connectivity index (χ0) is 15.0. The van der Waals surface area contributed by atoms with Crippen molar-refractivity contribution in [3.8, 4) is 0 Å². The Labute approximate surface area is 127 Å². The third-order valence-corrected chi connectivity index (χ3v) is 4.15. The average Bonchev–Trinajstić information content (AvgIpc) is 2.50. The number of fused-ring (bicyclic) bond motifs is 1. The lowest BCUT2D eigenvalue weighted by Gasteiger charge is -2.17. The molecule has 0 amide bonds. The van der Waals surface area contributed by atoms with Crippen molar-refractivity contribution in [1.82, 2.24) is 0 Å². The van der Waals surface area contributed by atoms with Crippen molar-refractivity contribution in [2.75, 3.05) is 0 Å². The highest BCUT2D eigenvalue weighted by molar-refractivity contribution is 6.31. The first-order chi connectivity index (χ1) is 10.1. The first-order valence-corrected chi connectivity index (χ1v) is 7.07. The quantitative estimate of drug-likeness (QED) is 0.704. The summed E-state index contributed by atoms with van der Waals surface area (Å²) in [6, 6.07) is 16.1. The molecule has 1 atom stereocenters. The van der Waals surface area contributed by atoms with E-state index in [2.05, 4.69) is 0 Å². The molecule has 0 saturated heterocycles. The van der Waals surface area contributed by atoms with Crippen LogP contribution < -0.4 is 0 Å². The Balaban J connectivity index is 2.21. The van der Waals surface area contributed by atoms with Crippen LogP contribution in [0.4, 0.5) is 4.39 Å². The second-order valence-electron chi connectivity index (χ2n) is 5.06. The Morgan fingerprint density at radius 3 is 2.38 bits per heavy atom. The van der Waals surface area contributed by atoms with Gasteiger partial charge in [0.1, 0.15) is 11.9 Å². The minimum absolute atomic E-state index is 0.0327. The van der Waals surface area contributed by atoms with Crippen molar-refractivity contribution >= 4 is 22.4 Å². The van der Waals surface area contributed by atoms with Gasteiger partial charge in [-0.2, -0.15) is 0 Å². The van der Waals surface area contributed by atoms with Gasteiger partial charge in [0.2, 0.25) is 0 Å². The molecule has 3 aromatic rings. The van der Waals surface area contributed by atoms with Crippen molar-refractivity contribution in [3.63, 3.8) is 0 Å². The molecule has 21 heavy (non-hydrogen) atoms. The molecule has 0 aliphatic rings. The summed E-state index contributed by atoms with van der Waals surface area (Å²) in [6.07, 6.45) is -0.960. The fourth-order valence-corrected chi connectivity index (χ4v) is 2.84. The summed E-state index contributed by atoms with van der Waals surface area (Å²) in [5, 5.41) is 12.6.